The standard InChI is InChI=1S/C14H20N2O2/c1-10-3-4-12(13(17)9-10)14(18)16-7-5-11(15-2)6-8-16/h3-4,9,11,15,17H,5-8H2,1-2H3. The summed E-state index contributed by atoms with van der Waals surface area (Å²) in [7, 11) is 1.95. The van der Waals surface area contributed by atoms with Crippen LogP contribution in [-0.2, 0) is 0 Å². The smallest absolute Gasteiger partial charge is 0.257 e. The van der Waals surface area contributed by atoms with Gasteiger partial charge in [0.15, 0.2) is 0 Å². The zero-order valence-electron chi connectivity index (χ0n) is 10.9. The van der Waals surface area contributed by atoms with Crippen molar-refractivity contribution >= 4 is 5.91 Å². The van der Waals surface area contributed by atoms with Gasteiger partial charge in [-0.25, -0.2) is 0 Å². The molecule has 1 amide bonds. The molecular formula is C14H20N2O2. The molecule has 4 nitrogen and oxygen atoms in total. The van der Waals surface area contributed by atoms with Gasteiger partial charge in [0.1, 0.15) is 5.75 Å². The van der Waals surface area contributed by atoms with Crippen LogP contribution >= 0.6 is 0 Å². The van der Waals surface area contributed by atoms with E-state index in [2.05, 4.69) is 5.32 Å². The second-order valence-corrected chi connectivity index (χ2v) is 4.88. The van der Waals surface area contributed by atoms with Gasteiger partial charge in [-0.05, 0) is 44.5 Å². The SMILES string of the molecule is CNC1CCN(C(=O)c2ccc(C)cc2O)CC1. The Balaban J connectivity index is 2.08. The lowest BCUT2D eigenvalue weighted by Crippen LogP contribution is -2.43. The van der Waals surface area contributed by atoms with E-state index in [1.165, 1.54) is 0 Å². The topological polar surface area (TPSA) is 52.6 Å². The summed E-state index contributed by atoms with van der Waals surface area (Å²) in [6.45, 7) is 3.39. The molecule has 1 aromatic carbocycles. The highest BCUT2D eigenvalue weighted by Crippen LogP contribution is 2.22. The molecule has 1 fully saturated rings. The van der Waals surface area contributed by atoms with Crippen molar-refractivity contribution in [1.29, 1.82) is 0 Å². The number of likely N-dealkylation sites (tertiary alicyclic amines) is 1. The van der Waals surface area contributed by atoms with Crippen LogP contribution in [0.1, 0.15) is 28.8 Å². The molecule has 4 heteroatoms. The molecule has 98 valence electrons. The molecule has 2 rings (SSSR count). The van der Waals surface area contributed by atoms with Gasteiger partial charge < -0.3 is 15.3 Å². The van der Waals surface area contributed by atoms with E-state index in [9.17, 15) is 9.90 Å². The first-order valence-electron chi connectivity index (χ1n) is 6.38. The molecule has 0 radical (unpaired) electrons. The number of carbonyl (C=O) groups excluding carboxylic acids is 1. The summed E-state index contributed by atoms with van der Waals surface area (Å²) in [5.74, 6) is 0.0118. The first-order valence-corrected chi connectivity index (χ1v) is 6.38. The van der Waals surface area contributed by atoms with E-state index in [0.29, 0.717) is 11.6 Å². The number of aryl methyl sites for hydroxylation is 1. The van der Waals surface area contributed by atoms with Gasteiger partial charge in [-0.2, -0.15) is 0 Å². The van der Waals surface area contributed by atoms with E-state index in [1.54, 1.807) is 12.1 Å². The fourth-order valence-corrected chi connectivity index (χ4v) is 2.36. The highest BCUT2D eigenvalue weighted by atomic mass is 16.3. The van der Waals surface area contributed by atoms with Crippen LogP contribution in [0, 0.1) is 6.92 Å². The minimum atomic E-state index is -0.0675. The maximum absolute atomic E-state index is 12.3. The monoisotopic (exact) mass is 248 g/mol. The average Bonchev–Trinajstić information content (AvgIpc) is 2.38. The minimum absolute atomic E-state index is 0.0675. The van der Waals surface area contributed by atoms with Crippen molar-refractivity contribution in [3.05, 3.63) is 29.3 Å². The lowest BCUT2D eigenvalue weighted by atomic mass is 10.0. The maximum atomic E-state index is 12.3. The highest BCUT2D eigenvalue weighted by Gasteiger charge is 2.24. The number of phenolic OH excluding ortho intramolecular Hbond substituents is 1. The Morgan fingerprint density at radius 1 is 1.39 bits per heavy atom. The Bertz CT molecular complexity index is 437. The van der Waals surface area contributed by atoms with Gasteiger partial charge in [-0.3, -0.25) is 4.79 Å². The molecule has 0 saturated carbocycles. The fraction of sp³-hybridized carbons (Fsp3) is 0.500. The van der Waals surface area contributed by atoms with Crippen molar-refractivity contribution in [3.63, 3.8) is 0 Å². The molecule has 0 unspecified atom stereocenters. The number of phenols is 1. The van der Waals surface area contributed by atoms with Gasteiger partial charge in [0.25, 0.3) is 5.91 Å². The van der Waals surface area contributed by atoms with Crippen molar-refractivity contribution < 1.29 is 9.90 Å². The van der Waals surface area contributed by atoms with Crippen molar-refractivity contribution in [2.45, 2.75) is 25.8 Å². The lowest BCUT2D eigenvalue weighted by molar-refractivity contribution is 0.0704. The second-order valence-electron chi connectivity index (χ2n) is 4.88. The summed E-state index contributed by atoms with van der Waals surface area (Å²) in [4.78, 5) is 14.1. The van der Waals surface area contributed by atoms with E-state index >= 15 is 0 Å². The van der Waals surface area contributed by atoms with Crippen LogP contribution in [0.25, 0.3) is 0 Å². The largest absolute Gasteiger partial charge is 0.507 e. The van der Waals surface area contributed by atoms with E-state index < -0.39 is 0 Å². The summed E-state index contributed by atoms with van der Waals surface area (Å²) in [5.41, 5.74) is 1.36. The second kappa shape index (κ2) is 5.40. The van der Waals surface area contributed by atoms with Gasteiger partial charge in [0.2, 0.25) is 0 Å². The average molecular weight is 248 g/mol. The van der Waals surface area contributed by atoms with Crippen LogP contribution in [0.3, 0.4) is 0 Å². The third-order valence-corrected chi connectivity index (χ3v) is 3.57. The Hall–Kier alpha value is -1.55. The summed E-state index contributed by atoms with van der Waals surface area (Å²) in [6.07, 6.45) is 1.93. The molecule has 1 saturated heterocycles. The molecule has 1 aromatic rings. The number of benzene rings is 1. The number of nitrogens with one attached hydrogen (secondary N) is 1. The number of hydrogen-bond acceptors (Lipinski definition) is 3. The number of piperidine rings is 1. The van der Waals surface area contributed by atoms with Crippen molar-refractivity contribution in [2.75, 3.05) is 20.1 Å². The quantitative estimate of drug-likeness (QED) is 0.834. The van der Waals surface area contributed by atoms with E-state index in [-0.39, 0.29) is 11.7 Å². The maximum Gasteiger partial charge on any atom is 0.257 e. The molecule has 0 aliphatic carbocycles. The van der Waals surface area contributed by atoms with E-state index in [4.69, 9.17) is 0 Å². The first-order chi connectivity index (χ1) is 8.61. The van der Waals surface area contributed by atoms with Crippen LogP contribution in [0.2, 0.25) is 0 Å². The molecule has 1 heterocycles. The highest BCUT2D eigenvalue weighted by molar-refractivity contribution is 5.97. The molecule has 0 atom stereocenters. The number of rotatable bonds is 2. The Labute approximate surface area is 108 Å². The van der Waals surface area contributed by atoms with Gasteiger partial charge in [-0.1, -0.05) is 6.07 Å². The fourth-order valence-electron chi connectivity index (χ4n) is 2.36. The van der Waals surface area contributed by atoms with Crippen molar-refractivity contribution in [1.82, 2.24) is 10.2 Å². The third-order valence-electron chi connectivity index (χ3n) is 3.57. The molecule has 0 bridgehead atoms. The van der Waals surface area contributed by atoms with E-state index in [0.717, 1.165) is 31.5 Å². The van der Waals surface area contributed by atoms with Gasteiger partial charge >= 0.3 is 0 Å². The number of nitrogens with zero attached hydrogens (tertiary/aromatic N) is 1. The van der Waals surface area contributed by atoms with Gasteiger partial charge in [0, 0.05) is 19.1 Å². The van der Waals surface area contributed by atoms with Crippen LogP contribution in [0.5, 0.6) is 5.75 Å². The number of hydrogen-bond donors (Lipinski definition) is 2. The molecule has 2 N–H and O–H groups in total. The van der Waals surface area contributed by atoms with Crippen LogP contribution in [-0.4, -0.2) is 42.1 Å². The summed E-state index contributed by atoms with van der Waals surface area (Å²) >= 11 is 0. The van der Waals surface area contributed by atoms with Crippen molar-refractivity contribution in [3.8, 4) is 5.75 Å². The molecule has 1 aliphatic rings. The summed E-state index contributed by atoms with van der Waals surface area (Å²) < 4.78 is 0. The van der Waals surface area contributed by atoms with Crippen molar-refractivity contribution in [2.24, 2.45) is 0 Å². The predicted molar refractivity (Wildman–Crippen MR) is 70.8 cm³/mol. The van der Waals surface area contributed by atoms with Crippen LogP contribution in [0.4, 0.5) is 0 Å². The first kappa shape index (κ1) is 12.9. The van der Waals surface area contributed by atoms with Crippen LogP contribution in [0.15, 0.2) is 18.2 Å². The minimum Gasteiger partial charge on any atom is -0.507 e. The predicted octanol–water partition coefficient (Wildman–Crippen LogP) is 1.52. The Morgan fingerprint density at radius 2 is 2.06 bits per heavy atom. The third kappa shape index (κ3) is 2.64. The number of carbonyl (C=O) groups is 1. The molecular weight excluding hydrogens is 228 g/mol. The molecule has 18 heavy (non-hydrogen) atoms. The zero-order valence-corrected chi connectivity index (χ0v) is 10.9. The number of amides is 1. The van der Waals surface area contributed by atoms with E-state index in [1.807, 2.05) is 24.9 Å². The number of aromatic hydroxyl groups is 1. The van der Waals surface area contributed by atoms with Gasteiger partial charge in [0.05, 0.1) is 5.56 Å². The molecule has 1 aliphatic heterocycles. The molecule has 0 aromatic heterocycles. The summed E-state index contributed by atoms with van der Waals surface area (Å²) in [6, 6.07) is 5.69. The normalized spacial score (nSPS) is 16.9. The lowest BCUT2D eigenvalue weighted by Gasteiger charge is -2.32. The summed E-state index contributed by atoms with van der Waals surface area (Å²) in [5, 5.41) is 13.1. The van der Waals surface area contributed by atoms with Crippen LogP contribution < -0.4 is 5.32 Å². The van der Waals surface area contributed by atoms with Gasteiger partial charge in [-0.15, -0.1) is 0 Å². The molecule has 0 spiro atoms. The zero-order chi connectivity index (χ0) is 13.1. The Kier molecular flexibility index (Phi) is 3.87. The Morgan fingerprint density at radius 3 is 2.61 bits per heavy atom.